The van der Waals surface area contributed by atoms with Gasteiger partial charge in [-0.1, -0.05) is 0 Å². The molecule has 0 atom stereocenters. The molecule has 2 N–H and O–H groups in total. The predicted molar refractivity (Wildman–Crippen MR) is 35.4 cm³/mol. The van der Waals surface area contributed by atoms with Crippen LogP contribution in [0, 0.1) is 5.53 Å². The van der Waals surface area contributed by atoms with E-state index in [1.165, 1.54) is 6.26 Å². The van der Waals surface area contributed by atoms with E-state index >= 15 is 0 Å². The molecule has 0 saturated carbocycles. The molecule has 2 rings (SSSR count). The Morgan fingerprint density at radius 2 is 2.40 bits per heavy atom. The van der Waals surface area contributed by atoms with Crippen molar-refractivity contribution >= 4 is 16.7 Å². The predicted octanol–water partition coefficient (Wildman–Crippen LogP) is 2.42. The van der Waals surface area contributed by atoms with Crippen molar-refractivity contribution in [3.8, 4) is 0 Å². The number of hydrogen-bond acceptors (Lipinski definition) is 3. The lowest BCUT2D eigenvalue weighted by molar-refractivity contribution is 0.615. The summed E-state index contributed by atoms with van der Waals surface area (Å²) >= 11 is 0. The van der Waals surface area contributed by atoms with Gasteiger partial charge in [-0.2, -0.15) is 5.11 Å². The first kappa shape index (κ1) is 5.22. The van der Waals surface area contributed by atoms with E-state index in [0.29, 0.717) is 5.69 Å². The van der Waals surface area contributed by atoms with Crippen LogP contribution in [0.3, 0.4) is 0 Å². The van der Waals surface area contributed by atoms with Crippen LogP contribution in [0.25, 0.3) is 11.0 Å². The van der Waals surface area contributed by atoms with Gasteiger partial charge in [0.1, 0.15) is 12.0 Å². The van der Waals surface area contributed by atoms with Gasteiger partial charge in [0, 0.05) is 12.4 Å². The third-order valence-corrected chi connectivity index (χ3v) is 1.40. The molecule has 2 aromatic rings. The number of nitrogens with zero attached hydrogens (tertiary/aromatic N) is 1. The molecule has 0 saturated heterocycles. The molecule has 4 heteroatoms. The number of hydrogen-bond donors (Lipinski definition) is 2. The van der Waals surface area contributed by atoms with Gasteiger partial charge in [0.25, 0.3) is 0 Å². The summed E-state index contributed by atoms with van der Waals surface area (Å²) in [6.07, 6.45) is 4.95. The van der Waals surface area contributed by atoms with Crippen molar-refractivity contribution in [2.24, 2.45) is 5.11 Å². The fourth-order valence-electron chi connectivity index (χ4n) is 0.917. The Labute approximate surface area is 56.4 Å². The average Bonchev–Trinajstić information content (AvgIpc) is 2.44. The summed E-state index contributed by atoms with van der Waals surface area (Å²) in [7, 11) is 0. The molecule has 10 heavy (non-hydrogen) atoms. The van der Waals surface area contributed by atoms with Crippen LogP contribution in [0.4, 0.5) is 5.69 Å². The summed E-state index contributed by atoms with van der Waals surface area (Å²) in [5.41, 5.74) is 8.04. The van der Waals surface area contributed by atoms with Gasteiger partial charge in [0.05, 0.1) is 5.39 Å². The Balaban J connectivity index is 2.88. The molecule has 0 bridgehead atoms. The van der Waals surface area contributed by atoms with E-state index in [-0.39, 0.29) is 0 Å². The lowest BCUT2D eigenvalue weighted by atomic mass is 10.4. The van der Waals surface area contributed by atoms with E-state index in [9.17, 15) is 0 Å². The van der Waals surface area contributed by atoms with E-state index in [4.69, 9.17) is 9.95 Å². The molecule has 0 unspecified atom stereocenters. The summed E-state index contributed by atoms with van der Waals surface area (Å²) in [4.78, 5) is 2.86. The maximum atomic E-state index is 6.73. The van der Waals surface area contributed by atoms with Crippen LogP contribution in [0.5, 0.6) is 0 Å². The van der Waals surface area contributed by atoms with Crippen LogP contribution in [0.1, 0.15) is 0 Å². The summed E-state index contributed by atoms with van der Waals surface area (Å²) in [6.45, 7) is 0. The Kier molecular flexibility index (Phi) is 0.887. The smallest absolute Gasteiger partial charge is 0.153 e. The second-order valence-electron chi connectivity index (χ2n) is 1.97. The summed E-state index contributed by atoms with van der Waals surface area (Å²) in [5.74, 6) is 0. The number of nitrogens with one attached hydrogen (secondary N) is 2. The number of H-pyrrole nitrogens is 1. The second kappa shape index (κ2) is 1.70. The van der Waals surface area contributed by atoms with Crippen LogP contribution in [0.15, 0.2) is 28.2 Å². The van der Waals surface area contributed by atoms with Gasteiger partial charge < -0.3 is 9.40 Å². The molecule has 0 aliphatic rings. The molecule has 0 aliphatic carbocycles. The molecule has 0 aliphatic heterocycles. The zero-order valence-electron chi connectivity index (χ0n) is 5.09. The molecule has 2 aromatic heterocycles. The number of furan rings is 1. The Morgan fingerprint density at radius 3 is 3.20 bits per heavy atom. The van der Waals surface area contributed by atoms with Crippen molar-refractivity contribution in [2.75, 3.05) is 0 Å². The van der Waals surface area contributed by atoms with Crippen molar-refractivity contribution < 1.29 is 4.42 Å². The quantitative estimate of drug-likeness (QED) is 0.579. The van der Waals surface area contributed by atoms with Crippen molar-refractivity contribution in [1.29, 1.82) is 5.53 Å². The van der Waals surface area contributed by atoms with Crippen molar-refractivity contribution in [2.45, 2.75) is 0 Å². The first-order valence-electron chi connectivity index (χ1n) is 2.83. The minimum atomic E-state index is 0.566. The Hall–Kier alpha value is -1.58. The first-order chi connectivity index (χ1) is 4.92. The maximum absolute atomic E-state index is 6.73. The van der Waals surface area contributed by atoms with Crippen LogP contribution in [-0.4, -0.2) is 4.98 Å². The van der Waals surface area contributed by atoms with Gasteiger partial charge in [0.15, 0.2) is 5.58 Å². The second-order valence-corrected chi connectivity index (χ2v) is 1.97. The number of rotatable bonds is 1. The van der Waals surface area contributed by atoms with Crippen molar-refractivity contribution in [3.05, 3.63) is 18.7 Å². The number of aromatic amines is 1. The van der Waals surface area contributed by atoms with Gasteiger partial charge in [-0.3, -0.25) is 0 Å². The summed E-state index contributed by atoms with van der Waals surface area (Å²) < 4.78 is 5.03. The summed E-state index contributed by atoms with van der Waals surface area (Å²) in [6, 6.07) is 0. The third kappa shape index (κ3) is 0.500. The topological polar surface area (TPSA) is 65.1 Å². The summed E-state index contributed by atoms with van der Waals surface area (Å²) in [5, 5.41) is 4.12. The SMILES string of the molecule is N=Nc1coc2c[nH]cc12. The molecule has 0 radical (unpaired) electrons. The maximum Gasteiger partial charge on any atom is 0.153 e. The van der Waals surface area contributed by atoms with Crippen LogP contribution in [-0.2, 0) is 0 Å². The lowest BCUT2D eigenvalue weighted by Gasteiger charge is -1.74. The molecule has 4 nitrogen and oxygen atoms in total. The van der Waals surface area contributed by atoms with E-state index in [0.717, 1.165) is 11.0 Å². The molecular formula is C6H5N3O. The molecular weight excluding hydrogens is 130 g/mol. The highest BCUT2D eigenvalue weighted by Gasteiger charge is 2.03. The minimum absolute atomic E-state index is 0.566. The molecule has 0 amide bonds. The van der Waals surface area contributed by atoms with E-state index in [1.54, 1.807) is 12.4 Å². The number of fused-ring (bicyclic) bond motifs is 1. The average molecular weight is 135 g/mol. The highest BCUT2D eigenvalue weighted by Crippen LogP contribution is 2.26. The van der Waals surface area contributed by atoms with Gasteiger partial charge in [0.2, 0.25) is 0 Å². The van der Waals surface area contributed by atoms with Gasteiger partial charge in [-0.15, -0.1) is 0 Å². The highest BCUT2D eigenvalue weighted by molar-refractivity contribution is 5.88. The lowest BCUT2D eigenvalue weighted by Crippen LogP contribution is -1.50. The van der Waals surface area contributed by atoms with Crippen molar-refractivity contribution in [3.63, 3.8) is 0 Å². The Bertz CT molecular complexity index is 360. The van der Waals surface area contributed by atoms with Crippen molar-refractivity contribution in [1.82, 2.24) is 4.98 Å². The fourth-order valence-corrected chi connectivity index (χ4v) is 0.917. The van der Waals surface area contributed by atoms with Gasteiger partial charge in [-0.25, -0.2) is 5.53 Å². The minimum Gasteiger partial charge on any atom is -0.460 e. The van der Waals surface area contributed by atoms with E-state index in [1.807, 2.05) is 0 Å². The van der Waals surface area contributed by atoms with E-state index < -0.39 is 0 Å². The highest BCUT2D eigenvalue weighted by atomic mass is 16.3. The van der Waals surface area contributed by atoms with Gasteiger partial charge in [-0.05, 0) is 0 Å². The molecule has 50 valence electrons. The largest absolute Gasteiger partial charge is 0.460 e. The Morgan fingerprint density at radius 1 is 1.50 bits per heavy atom. The van der Waals surface area contributed by atoms with Crippen LogP contribution < -0.4 is 0 Å². The normalized spacial score (nSPS) is 10.4. The fraction of sp³-hybridized carbons (Fsp3) is 0. The molecule has 0 aromatic carbocycles. The third-order valence-electron chi connectivity index (χ3n) is 1.40. The monoisotopic (exact) mass is 135 g/mol. The number of aromatic nitrogens is 1. The molecule has 0 spiro atoms. The first-order valence-corrected chi connectivity index (χ1v) is 2.83. The molecule has 2 heterocycles. The molecule has 0 fully saturated rings. The zero-order chi connectivity index (χ0) is 6.97. The standard InChI is InChI=1S/C6H5N3O/c7-9-5-3-10-6-2-8-1-4(5)6/h1-3,7-8H. The van der Waals surface area contributed by atoms with Crippen LogP contribution >= 0.6 is 0 Å². The van der Waals surface area contributed by atoms with Crippen LogP contribution in [0.2, 0.25) is 0 Å². The van der Waals surface area contributed by atoms with Gasteiger partial charge >= 0.3 is 0 Å². The zero-order valence-corrected chi connectivity index (χ0v) is 5.09. The van der Waals surface area contributed by atoms with E-state index in [2.05, 4.69) is 10.1 Å².